The molecule has 5 heteroatoms. The third-order valence-electron chi connectivity index (χ3n) is 13.8. The molecule has 1 aliphatic carbocycles. The summed E-state index contributed by atoms with van der Waals surface area (Å²) in [5.74, 6) is 1.82. The van der Waals surface area contributed by atoms with Crippen molar-refractivity contribution in [2.75, 3.05) is 0 Å². The van der Waals surface area contributed by atoms with Crippen LogP contribution in [0.25, 0.3) is 100 Å². The molecule has 1 aliphatic heterocycles. The molecule has 0 N–H and O–H groups in total. The number of rotatable bonds is 5. The Morgan fingerprint density at radius 2 is 0.955 bits per heavy atom. The van der Waals surface area contributed by atoms with Crippen LogP contribution in [-0.2, 0) is 5.41 Å². The molecule has 2 aliphatic rings. The number of hydrogen-bond donors (Lipinski definition) is 0. The highest BCUT2D eigenvalue weighted by Crippen LogP contribution is 2.63. The van der Waals surface area contributed by atoms with Crippen molar-refractivity contribution in [1.82, 2.24) is 15.0 Å². The summed E-state index contributed by atoms with van der Waals surface area (Å²) in [5, 5.41) is 4.69. The van der Waals surface area contributed by atoms with Gasteiger partial charge in [-0.2, -0.15) is 0 Å². The molecule has 4 nitrogen and oxygen atoms in total. The molecule has 0 saturated carbocycles. The zero-order valence-electron chi connectivity index (χ0n) is 36.0. The lowest BCUT2D eigenvalue weighted by Gasteiger charge is -2.40. The first-order valence-electron chi connectivity index (χ1n) is 22.7. The van der Waals surface area contributed by atoms with Crippen molar-refractivity contribution >= 4 is 44.5 Å². The van der Waals surface area contributed by atoms with Crippen LogP contribution in [-0.4, -0.2) is 15.0 Å². The molecule has 14 rings (SSSR count). The third-order valence-corrected chi connectivity index (χ3v) is 15.0. The van der Waals surface area contributed by atoms with Crippen LogP contribution >= 0.6 is 11.8 Å². The first-order chi connectivity index (χ1) is 33.2. The summed E-state index contributed by atoms with van der Waals surface area (Å²) in [7, 11) is 0. The first kappa shape index (κ1) is 37.9. The van der Waals surface area contributed by atoms with Crippen LogP contribution < -0.4 is 0 Å². The van der Waals surface area contributed by atoms with E-state index in [1.54, 1.807) is 0 Å². The largest absolute Gasteiger partial charge is 0.455 e. The molecule has 0 saturated heterocycles. The number of hydrogen-bond acceptors (Lipinski definition) is 5. The van der Waals surface area contributed by atoms with E-state index < -0.39 is 5.41 Å². The van der Waals surface area contributed by atoms with E-state index in [1.807, 2.05) is 42.1 Å². The average molecular weight is 872 g/mol. The normalized spacial score (nSPS) is 14.6. The summed E-state index contributed by atoms with van der Waals surface area (Å²) in [4.78, 5) is 18.6. The molecule has 0 radical (unpaired) electrons. The minimum atomic E-state index is -0.572. The van der Waals surface area contributed by atoms with E-state index >= 15 is 0 Å². The highest BCUT2D eigenvalue weighted by molar-refractivity contribution is 7.99. The van der Waals surface area contributed by atoms with E-state index in [9.17, 15) is 0 Å². The van der Waals surface area contributed by atoms with E-state index in [1.165, 1.54) is 53.9 Å². The molecular formula is C62H37N3OS. The van der Waals surface area contributed by atoms with Crippen LogP contribution in [0.3, 0.4) is 0 Å². The van der Waals surface area contributed by atoms with Crippen molar-refractivity contribution in [3.63, 3.8) is 0 Å². The molecule has 0 amide bonds. The van der Waals surface area contributed by atoms with Gasteiger partial charge >= 0.3 is 0 Å². The standard InChI is InChI=1S/C62H37N3OS/c1-3-16-38(17-4-1)42-34-43(45-24-15-25-50-49-23-10-13-28-55(49)66-57(45)50)36-44(35-42)61-64-59(40-19-5-2-6-20-40)63-60(65-61)41-30-32-48-47-22-9-11-26-51(47)62(54(48)37-41)52-27-12-14-29-56(52)67-58-46-21-8-7-18-39(46)31-33-53(58)62/h1-37H. The fourth-order valence-electron chi connectivity index (χ4n) is 10.8. The molecule has 312 valence electrons. The summed E-state index contributed by atoms with van der Waals surface area (Å²) >= 11 is 1.88. The summed E-state index contributed by atoms with van der Waals surface area (Å²) in [6.07, 6.45) is 0. The van der Waals surface area contributed by atoms with Gasteiger partial charge in [-0.1, -0.05) is 200 Å². The molecule has 2 aromatic heterocycles. The molecule has 0 fully saturated rings. The van der Waals surface area contributed by atoms with Gasteiger partial charge in [-0.3, -0.25) is 0 Å². The average Bonchev–Trinajstić information content (AvgIpc) is 3.93. The van der Waals surface area contributed by atoms with Gasteiger partial charge in [0.2, 0.25) is 0 Å². The first-order valence-corrected chi connectivity index (χ1v) is 23.5. The van der Waals surface area contributed by atoms with E-state index in [4.69, 9.17) is 19.4 Å². The van der Waals surface area contributed by atoms with E-state index in [0.717, 1.165) is 60.9 Å². The van der Waals surface area contributed by atoms with Gasteiger partial charge in [-0.25, -0.2) is 15.0 Å². The number of aromatic nitrogens is 3. The fourth-order valence-corrected chi connectivity index (χ4v) is 12.1. The Bertz CT molecular complexity index is 3970. The second kappa shape index (κ2) is 14.8. The Kier molecular flexibility index (Phi) is 8.40. The van der Waals surface area contributed by atoms with Crippen molar-refractivity contribution in [2.24, 2.45) is 0 Å². The minimum absolute atomic E-state index is 0.572. The third kappa shape index (κ3) is 5.78. The van der Waals surface area contributed by atoms with Crippen molar-refractivity contribution < 1.29 is 4.42 Å². The van der Waals surface area contributed by atoms with E-state index in [2.05, 4.69) is 194 Å². The maximum Gasteiger partial charge on any atom is 0.164 e. The topological polar surface area (TPSA) is 51.8 Å². The molecule has 1 atom stereocenters. The molecular weight excluding hydrogens is 835 g/mol. The van der Waals surface area contributed by atoms with E-state index in [0.29, 0.717) is 17.5 Å². The monoisotopic (exact) mass is 871 g/mol. The highest BCUT2D eigenvalue weighted by Gasteiger charge is 2.50. The highest BCUT2D eigenvalue weighted by atomic mass is 32.2. The molecule has 1 unspecified atom stereocenters. The van der Waals surface area contributed by atoms with Crippen LogP contribution in [0.4, 0.5) is 0 Å². The number of nitrogens with zero attached hydrogens (tertiary/aromatic N) is 3. The van der Waals surface area contributed by atoms with Crippen LogP contribution in [0.5, 0.6) is 0 Å². The van der Waals surface area contributed by atoms with Gasteiger partial charge in [0.1, 0.15) is 11.2 Å². The van der Waals surface area contributed by atoms with Crippen LogP contribution in [0, 0.1) is 0 Å². The smallest absolute Gasteiger partial charge is 0.164 e. The van der Waals surface area contributed by atoms with Crippen molar-refractivity contribution in [3.8, 4) is 67.5 Å². The zero-order chi connectivity index (χ0) is 44.1. The summed E-state index contributed by atoms with van der Waals surface area (Å²) in [5.41, 5.74) is 15.6. The Hall–Kier alpha value is -8.38. The summed E-state index contributed by atoms with van der Waals surface area (Å²) in [6.45, 7) is 0. The fraction of sp³-hybridized carbons (Fsp3) is 0.0161. The molecule has 3 heterocycles. The van der Waals surface area contributed by atoms with Crippen molar-refractivity contribution in [3.05, 3.63) is 247 Å². The van der Waals surface area contributed by atoms with Crippen LogP contribution in [0.2, 0.25) is 0 Å². The maximum atomic E-state index is 6.61. The molecule has 1 spiro atoms. The van der Waals surface area contributed by atoms with Crippen molar-refractivity contribution in [2.45, 2.75) is 15.2 Å². The van der Waals surface area contributed by atoms with Gasteiger partial charge in [0.15, 0.2) is 17.5 Å². The lowest BCUT2D eigenvalue weighted by Crippen LogP contribution is -2.32. The van der Waals surface area contributed by atoms with E-state index in [-0.39, 0.29) is 0 Å². The SMILES string of the molecule is c1ccc(-c2cc(-c3nc(-c4ccccc4)nc(-c4ccc5c(c4)C4(c6ccccc6Sc6c4ccc4ccccc64)c4ccccc4-5)n3)cc(-c3cccc4c3oc3ccccc34)c2)cc1. The quantitative estimate of drug-likeness (QED) is 0.172. The second-order valence-electron chi connectivity index (χ2n) is 17.4. The Morgan fingerprint density at radius 3 is 1.81 bits per heavy atom. The Morgan fingerprint density at radius 1 is 0.343 bits per heavy atom. The maximum absolute atomic E-state index is 6.61. The lowest BCUT2D eigenvalue weighted by atomic mass is 9.67. The Balaban J connectivity index is 1.01. The number of fused-ring (bicyclic) bond motifs is 14. The summed E-state index contributed by atoms with van der Waals surface area (Å²) in [6, 6.07) is 80.3. The Labute approximate surface area is 391 Å². The van der Waals surface area contributed by atoms with Crippen molar-refractivity contribution in [1.29, 1.82) is 0 Å². The summed E-state index contributed by atoms with van der Waals surface area (Å²) < 4.78 is 6.61. The molecule has 10 aromatic carbocycles. The molecule has 12 aromatic rings. The molecule has 67 heavy (non-hydrogen) atoms. The van der Waals surface area contributed by atoms with Gasteiger partial charge in [0.25, 0.3) is 0 Å². The van der Waals surface area contributed by atoms with Gasteiger partial charge in [0.05, 0.1) is 5.41 Å². The van der Waals surface area contributed by atoms with Gasteiger partial charge in [-0.15, -0.1) is 0 Å². The number of furan rings is 1. The van der Waals surface area contributed by atoms with Gasteiger partial charge in [0, 0.05) is 42.8 Å². The van der Waals surface area contributed by atoms with Crippen LogP contribution in [0.15, 0.2) is 239 Å². The predicted octanol–water partition coefficient (Wildman–Crippen LogP) is 16.1. The minimum Gasteiger partial charge on any atom is -0.455 e. The van der Waals surface area contributed by atoms with Crippen LogP contribution in [0.1, 0.15) is 22.3 Å². The number of benzene rings is 10. The zero-order valence-corrected chi connectivity index (χ0v) is 36.8. The predicted molar refractivity (Wildman–Crippen MR) is 273 cm³/mol. The van der Waals surface area contributed by atoms with Gasteiger partial charge in [-0.05, 0) is 97.2 Å². The lowest BCUT2D eigenvalue weighted by molar-refractivity contribution is 0.670. The van der Waals surface area contributed by atoms with Gasteiger partial charge < -0.3 is 4.42 Å². The second-order valence-corrected chi connectivity index (χ2v) is 18.5. The molecule has 0 bridgehead atoms. The number of para-hydroxylation sites is 2.